The molecule has 0 aliphatic heterocycles. The summed E-state index contributed by atoms with van der Waals surface area (Å²) < 4.78 is 0. The molecule has 48 heavy (non-hydrogen) atoms. The van der Waals surface area contributed by atoms with Gasteiger partial charge >= 0.3 is 0 Å². The maximum absolute atomic E-state index is 6.91. The highest BCUT2D eigenvalue weighted by molar-refractivity contribution is 6.32. The van der Waals surface area contributed by atoms with E-state index in [1.807, 2.05) is 120 Å². The summed E-state index contributed by atoms with van der Waals surface area (Å²) in [4.78, 5) is 20.2. The zero-order valence-corrected chi connectivity index (χ0v) is 29.5. The monoisotopic (exact) mass is 652 g/mol. The van der Waals surface area contributed by atoms with Gasteiger partial charge in [0.1, 0.15) is 5.69 Å². The molecule has 1 aliphatic rings. The second-order valence-corrected chi connectivity index (χ2v) is 11.0. The Hall–Kier alpha value is -4.93. The summed E-state index contributed by atoms with van der Waals surface area (Å²) in [5, 5.41) is 0.368. The molecule has 1 unspecified atom stereocenters. The van der Waals surface area contributed by atoms with Crippen LogP contribution in [0.25, 0.3) is 50.7 Å². The Morgan fingerprint density at radius 2 is 1.42 bits per heavy atom. The summed E-state index contributed by atoms with van der Waals surface area (Å²) in [6, 6.07) is 30.4. The van der Waals surface area contributed by atoms with Crippen LogP contribution in [0.1, 0.15) is 71.2 Å². The van der Waals surface area contributed by atoms with Gasteiger partial charge in [-0.2, -0.15) is 0 Å². The third-order valence-electron chi connectivity index (χ3n) is 7.71. The molecule has 0 amide bonds. The molecule has 1 atom stereocenters. The average Bonchev–Trinajstić information content (AvgIpc) is 3.17. The molecular weight excluding hydrogens is 608 g/mol. The molecule has 244 valence electrons. The minimum Gasteiger partial charge on any atom is -0.247 e. The minimum atomic E-state index is 0.181. The maximum atomic E-state index is 6.91. The SMILES string of the molecule is C=C/C(=C\C=C/C)c1cc(-c2ccccc2)nc(-c2cccc(-c3nc(C4C=CCCC4)c(-c4ccccc4)nc3Cl)c2)n1.CC.CC. The van der Waals surface area contributed by atoms with Crippen molar-refractivity contribution < 1.29 is 0 Å². The van der Waals surface area contributed by atoms with Crippen LogP contribution >= 0.6 is 11.6 Å². The Bertz CT molecular complexity index is 1870. The molecule has 1 aliphatic carbocycles. The lowest BCUT2D eigenvalue weighted by Crippen LogP contribution is -2.08. The van der Waals surface area contributed by atoms with Gasteiger partial charge in [0.15, 0.2) is 11.0 Å². The summed E-state index contributed by atoms with van der Waals surface area (Å²) in [6.07, 6.45) is 15.6. The first-order valence-corrected chi connectivity index (χ1v) is 17.3. The van der Waals surface area contributed by atoms with Crippen LogP contribution in [0.4, 0.5) is 0 Å². The predicted octanol–water partition coefficient (Wildman–Crippen LogP) is 12.6. The second kappa shape index (κ2) is 18.4. The fraction of sp³-hybridized carbons (Fsp3) is 0.209. The van der Waals surface area contributed by atoms with Crippen molar-refractivity contribution in [2.45, 2.75) is 59.8 Å². The van der Waals surface area contributed by atoms with Gasteiger partial charge in [0.05, 0.1) is 22.8 Å². The van der Waals surface area contributed by atoms with Crippen molar-refractivity contribution in [3.05, 3.63) is 151 Å². The molecule has 4 nitrogen and oxygen atoms in total. The molecular formula is C43H45ClN4. The van der Waals surface area contributed by atoms with E-state index in [1.165, 1.54) is 0 Å². The third-order valence-corrected chi connectivity index (χ3v) is 7.97. The highest BCUT2D eigenvalue weighted by Gasteiger charge is 2.22. The standard InChI is InChI=1S/C39H33ClN4.2C2H6/c1-3-5-16-27(4-2)33-26-34(28-17-9-6-10-18-28)42-39(41-33)32-24-15-23-31(25-32)37-38(40)44-36(30-21-13-8-14-22-30)35(43-37)29-19-11-7-12-20-29;2*1-2/h3-6,8-11,13-19,21-26,29H,2,7,12,20H2,1H3;2*1-2H3/b5-3-,27-16+;;. The second-order valence-electron chi connectivity index (χ2n) is 10.7. The first-order valence-electron chi connectivity index (χ1n) is 16.9. The molecule has 0 saturated carbocycles. The lowest BCUT2D eigenvalue weighted by Gasteiger charge is -2.20. The van der Waals surface area contributed by atoms with E-state index >= 15 is 0 Å². The van der Waals surface area contributed by atoms with Crippen molar-refractivity contribution in [3.63, 3.8) is 0 Å². The highest BCUT2D eigenvalue weighted by atomic mass is 35.5. The van der Waals surface area contributed by atoms with Gasteiger partial charge < -0.3 is 0 Å². The van der Waals surface area contributed by atoms with Gasteiger partial charge in [-0.15, -0.1) is 0 Å². The summed E-state index contributed by atoms with van der Waals surface area (Å²) in [7, 11) is 0. The molecule has 5 aromatic rings. The predicted molar refractivity (Wildman–Crippen MR) is 206 cm³/mol. The Morgan fingerprint density at radius 1 is 0.750 bits per heavy atom. The maximum Gasteiger partial charge on any atom is 0.160 e. The van der Waals surface area contributed by atoms with Crippen LogP contribution in [0.2, 0.25) is 5.15 Å². The van der Waals surface area contributed by atoms with Crippen LogP contribution in [-0.4, -0.2) is 19.9 Å². The van der Waals surface area contributed by atoms with Crippen LogP contribution < -0.4 is 0 Å². The zero-order chi connectivity index (χ0) is 34.3. The van der Waals surface area contributed by atoms with Crippen LogP contribution in [-0.2, 0) is 0 Å². The number of nitrogens with zero attached hydrogens (tertiary/aromatic N) is 4. The smallest absolute Gasteiger partial charge is 0.160 e. The first kappa shape index (κ1) is 35.9. The van der Waals surface area contributed by atoms with Gasteiger partial charge in [-0.25, -0.2) is 19.9 Å². The van der Waals surface area contributed by atoms with Gasteiger partial charge in [-0.05, 0) is 43.9 Å². The van der Waals surface area contributed by atoms with Crippen LogP contribution in [0.5, 0.6) is 0 Å². The van der Waals surface area contributed by atoms with Crippen LogP contribution in [0.3, 0.4) is 0 Å². The first-order chi connectivity index (χ1) is 23.6. The fourth-order valence-corrected chi connectivity index (χ4v) is 5.70. The summed E-state index contributed by atoms with van der Waals surface area (Å²) in [5.74, 6) is 0.789. The molecule has 0 N–H and O–H groups in total. The molecule has 0 spiro atoms. The molecule has 6 rings (SSSR count). The Labute approximate surface area is 291 Å². The quantitative estimate of drug-likeness (QED) is 0.124. The van der Waals surface area contributed by atoms with Gasteiger partial charge in [-0.3, -0.25) is 0 Å². The number of rotatable bonds is 8. The summed E-state index contributed by atoms with van der Waals surface area (Å²) >= 11 is 6.91. The van der Waals surface area contributed by atoms with Crippen molar-refractivity contribution in [1.82, 2.24) is 19.9 Å². The highest BCUT2D eigenvalue weighted by Crippen LogP contribution is 2.37. The Kier molecular flexibility index (Phi) is 13.8. The third kappa shape index (κ3) is 8.70. The van der Waals surface area contributed by atoms with Crippen LogP contribution in [0.15, 0.2) is 134 Å². The number of benzene rings is 3. The van der Waals surface area contributed by atoms with E-state index in [0.717, 1.165) is 69.9 Å². The normalized spacial score (nSPS) is 14.0. The van der Waals surface area contributed by atoms with Crippen molar-refractivity contribution in [3.8, 4) is 45.2 Å². The van der Waals surface area contributed by atoms with E-state index < -0.39 is 0 Å². The minimum absolute atomic E-state index is 0.181. The van der Waals surface area contributed by atoms with Crippen molar-refractivity contribution in [2.24, 2.45) is 0 Å². The number of aromatic nitrogens is 4. The number of halogens is 1. The molecule has 3 aromatic carbocycles. The van der Waals surface area contributed by atoms with E-state index in [9.17, 15) is 0 Å². The lowest BCUT2D eigenvalue weighted by molar-refractivity contribution is 0.641. The van der Waals surface area contributed by atoms with E-state index in [-0.39, 0.29) is 5.92 Å². The molecule has 0 saturated heterocycles. The van der Waals surface area contributed by atoms with Crippen molar-refractivity contribution in [1.29, 1.82) is 0 Å². The summed E-state index contributed by atoms with van der Waals surface area (Å²) in [5.41, 5.74) is 8.73. The van der Waals surface area contributed by atoms with E-state index in [0.29, 0.717) is 16.7 Å². The topological polar surface area (TPSA) is 51.6 Å². The number of allylic oxidation sites excluding steroid dienone is 7. The number of hydrogen-bond donors (Lipinski definition) is 0. The molecule has 2 heterocycles. The largest absolute Gasteiger partial charge is 0.247 e. The molecule has 0 fully saturated rings. The zero-order valence-electron chi connectivity index (χ0n) is 28.7. The van der Waals surface area contributed by atoms with E-state index in [2.05, 4.69) is 49.1 Å². The van der Waals surface area contributed by atoms with Gasteiger partial charge in [-0.1, -0.05) is 161 Å². The molecule has 2 aromatic heterocycles. The van der Waals surface area contributed by atoms with Crippen molar-refractivity contribution in [2.75, 3.05) is 0 Å². The molecule has 0 radical (unpaired) electrons. The average molecular weight is 653 g/mol. The fourth-order valence-electron chi connectivity index (χ4n) is 5.46. The van der Waals surface area contributed by atoms with Crippen molar-refractivity contribution >= 4 is 17.2 Å². The van der Waals surface area contributed by atoms with Gasteiger partial charge in [0.2, 0.25) is 0 Å². The lowest BCUT2D eigenvalue weighted by atomic mass is 9.90. The molecule has 5 heteroatoms. The number of hydrogen-bond acceptors (Lipinski definition) is 4. The van der Waals surface area contributed by atoms with E-state index in [4.69, 9.17) is 31.5 Å². The summed E-state index contributed by atoms with van der Waals surface area (Å²) in [6.45, 7) is 14.0. The Balaban J connectivity index is 0.00000125. The molecule has 0 bridgehead atoms. The van der Waals surface area contributed by atoms with Gasteiger partial charge in [0.25, 0.3) is 0 Å². The Morgan fingerprint density at radius 3 is 2.06 bits per heavy atom. The van der Waals surface area contributed by atoms with Gasteiger partial charge in [0, 0.05) is 28.2 Å². The van der Waals surface area contributed by atoms with E-state index in [1.54, 1.807) is 0 Å². The van der Waals surface area contributed by atoms with Crippen LogP contribution in [0, 0.1) is 0 Å².